The fourth-order valence-corrected chi connectivity index (χ4v) is 1.20. The molecule has 0 N–H and O–H groups in total. The highest BCUT2D eigenvalue weighted by Gasteiger charge is 2.04. The Morgan fingerprint density at radius 2 is 2.14 bits per heavy atom. The summed E-state index contributed by atoms with van der Waals surface area (Å²) >= 11 is 5.82. The first-order valence-corrected chi connectivity index (χ1v) is 5.23. The largest absolute Gasteiger partial charge is 0.477 e. The molecule has 0 spiro atoms. The predicted molar refractivity (Wildman–Crippen MR) is 56.8 cm³/mol. The van der Waals surface area contributed by atoms with E-state index in [-0.39, 0.29) is 0 Å². The number of nitrogens with zero attached hydrogens (tertiary/aromatic N) is 2. The van der Waals surface area contributed by atoms with E-state index in [0.29, 0.717) is 17.6 Å². The third-order valence-corrected chi connectivity index (χ3v) is 2.34. The third-order valence-electron chi connectivity index (χ3n) is 1.96. The molecule has 1 aromatic heterocycles. The zero-order valence-corrected chi connectivity index (χ0v) is 9.34. The van der Waals surface area contributed by atoms with Crippen molar-refractivity contribution >= 4 is 11.6 Å². The second kappa shape index (κ2) is 5.81. The van der Waals surface area contributed by atoms with E-state index in [0.717, 1.165) is 12.0 Å². The number of ether oxygens (including phenoxy) is 1. The lowest BCUT2D eigenvalue weighted by molar-refractivity contribution is 0.292. The van der Waals surface area contributed by atoms with Crippen LogP contribution in [-0.4, -0.2) is 16.6 Å². The minimum atomic E-state index is 0.463. The third kappa shape index (κ3) is 3.14. The molecule has 1 heterocycles. The van der Waals surface area contributed by atoms with Crippen molar-refractivity contribution in [3.8, 4) is 5.88 Å². The highest BCUT2D eigenvalue weighted by atomic mass is 35.5. The minimum Gasteiger partial charge on any atom is -0.477 e. The Balaban J connectivity index is 2.46. The topological polar surface area (TPSA) is 35.0 Å². The number of rotatable bonds is 5. The van der Waals surface area contributed by atoms with E-state index in [1.807, 2.05) is 6.92 Å². The van der Waals surface area contributed by atoms with Gasteiger partial charge in [0.2, 0.25) is 5.88 Å². The number of halogens is 1. The molecule has 3 nitrogen and oxygen atoms in total. The summed E-state index contributed by atoms with van der Waals surface area (Å²) in [4.78, 5) is 7.88. The van der Waals surface area contributed by atoms with Crippen molar-refractivity contribution < 1.29 is 4.74 Å². The molecule has 4 heteroatoms. The van der Waals surface area contributed by atoms with Gasteiger partial charge in [0.15, 0.2) is 0 Å². The molecule has 0 fully saturated rings. The highest BCUT2D eigenvalue weighted by Crippen LogP contribution is 2.19. The van der Waals surface area contributed by atoms with Crippen molar-refractivity contribution in [3.05, 3.63) is 17.0 Å². The van der Waals surface area contributed by atoms with Crippen LogP contribution in [0.2, 0.25) is 5.15 Å². The molecule has 0 unspecified atom stereocenters. The first-order valence-electron chi connectivity index (χ1n) is 4.85. The molecule has 1 aromatic rings. The molecule has 0 radical (unpaired) electrons. The zero-order chi connectivity index (χ0) is 10.4. The van der Waals surface area contributed by atoms with Gasteiger partial charge in [-0.3, -0.25) is 0 Å². The summed E-state index contributed by atoms with van der Waals surface area (Å²) in [5, 5.41) is 0.463. The Labute approximate surface area is 89.5 Å². The molecule has 0 aliphatic rings. The predicted octanol–water partition coefficient (Wildman–Crippen LogP) is 3.01. The normalized spacial score (nSPS) is 10.2. The first-order chi connectivity index (χ1) is 6.75. The number of unbranched alkanes of at least 4 members (excludes halogenated alkanes) is 2. The van der Waals surface area contributed by atoms with Gasteiger partial charge in [0.25, 0.3) is 0 Å². The van der Waals surface area contributed by atoms with Crippen LogP contribution in [0.4, 0.5) is 0 Å². The summed E-state index contributed by atoms with van der Waals surface area (Å²) in [7, 11) is 0. The summed E-state index contributed by atoms with van der Waals surface area (Å²) in [6, 6.07) is 0. The van der Waals surface area contributed by atoms with E-state index in [2.05, 4.69) is 16.9 Å². The van der Waals surface area contributed by atoms with Crippen molar-refractivity contribution in [2.75, 3.05) is 6.61 Å². The quantitative estimate of drug-likeness (QED) is 0.558. The maximum Gasteiger partial charge on any atom is 0.220 e. The van der Waals surface area contributed by atoms with Crippen molar-refractivity contribution in [2.45, 2.75) is 33.1 Å². The molecule has 0 atom stereocenters. The van der Waals surface area contributed by atoms with Crippen molar-refractivity contribution in [2.24, 2.45) is 0 Å². The van der Waals surface area contributed by atoms with Gasteiger partial charge in [0, 0.05) is 5.56 Å². The lowest BCUT2D eigenvalue weighted by Crippen LogP contribution is -2.01. The Hall–Kier alpha value is -0.830. The second-order valence-electron chi connectivity index (χ2n) is 3.15. The van der Waals surface area contributed by atoms with Crippen LogP contribution in [0.3, 0.4) is 0 Å². The number of hydrogen-bond donors (Lipinski definition) is 0. The monoisotopic (exact) mass is 214 g/mol. The first kappa shape index (κ1) is 11.2. The molecular formula is C10H15ClN2O. The minimum absolute atomic E-state index is 0.463. The maximum atomic E-state index is 5.82. The van der Waals surface area contributed by atoms with Gasteiger partial charge >= 0.3 is 0 Å². The molecule has 0 saturated heterocycles. The molecule has 0 aliphatic carbocycles. The van der Waals surface area contributed by atoms with E-state index in [4.69, 9.17) is 16.3 Å². The van der Waals surface area contributed by atoms with Crippen LogP contribution in [0.25, 0.3) is 0 Å². The van der Waals surface area contributed by atoms with E-state index in [9.17, 15) is 0 Å². The molecule has 0 amide bonds. The van der Waals surface area contributed by atoms with Crippen molar-refractivity contribution in [3.63, 3.8) is 0 Å². The van der Waals surface area contributed by atoms with Gasteiger partial charge in [-0.2, -0.15) is 0 Å². The Morgan fingerprint density at radius 3 is 2.86 bits per heavy atom. The average Bonchev–Trinajstić information content (AvgIpc) is 2.19. The molecule has 14 heavy (non-hydrogen) atoms. The van der Waals surface area contributed by atoms with Crippen LogP contribution < -0.4 is 4.74 Å². The lowest BCUT2D eigenvalue weighted by Gasteiger charge is -2.07. The Kier molecular flexibility index (Phi) is 4.66. The van der Waals surface area contributed by atoms with Crippen LogP contribution in [0.5, 0.6) is 5.88 Å². The van der Waals surface area contributed by atoms with Gasteiger partial charge in [-0.25, -0.2) is 9.97 Å². The van der Waals surface area contributed by atoms with Gasteiger partial charge in [-0.1, -0.05) is 31.4 Å². The van der Waals surface area contributed by atoms with E-state index < -0.39 is 0 Å². The molecule has 0 saturated carbocycles. The van der Waals surface area contributed by atoms with Crippen LogP contribution in [0, 0.1) is 6.92 Å². The smallest absolute Gasteiger partial charge is 0.220 e. The van der Waals surface area contributed by atoms with Crippen LogP contribution in [-0.2, 0) is 0 Å². The summed E-state index contributed by atoms with van der Waals surface area (Å²) in [6.07, 6.45) is 4.84. The van der Waals surface area contributed by atoms with Crippen LogP contribution in [0.1, 0.15) is 31.7 Å². The molecule has 0 aromatic carbocycles. The molecule has 1 rings (SSSR count). The number of hydrogen-bond acceptors (Lipinski definition) is 3. The lowest BCUT2D eigenvalue weighted by atomic mass is 10.3. The fourth-order valence-electron chi connectivity index (χ4n) is 1.08. The van der Waals surface area contributed by atoms with E-state index in [1.54, 1.807) is 0 Å². The standard InChI is InChI=1S/C10H15ClN2O/c1-3-4-5-6-14-10-8(2)9(11)12-7-13-10/h7H,3-6H2,1-2H3. The van der Waals surface area contributed by atoms with Gasteiger partial charge in [0.1, 0.15) is 11.5 Å². The summed E-state index contributed by atoms with van der Waals surface area (Å²) in [6.45, 7) is 4.71. The van der Waals surface area contributed by atoms with Gasteiger partial charge < -0.3 is 4.74 Å². The summed E-state index contributed by atoms with van der Waals surface area (Å²) < 4.78 is 5.48. The number of aromatic nitrogens is 2. The maximum absolute atomic E-state index is 5.82. The fraction of sp³-hybridized carbons (Fsp3) is 0.600. The van der Waals surface area contributed by atoms with Crippen LogP contribution in [0.15, 0.2) is 6.33 Å². The molecule has 78 valence electrons. The summed E-state index contributed by atoms with van der Waals surface area (Å²) in [5.74, 6) is 0.598. The van der Waals surface area contributed by atoms with Crippen molar-refractivity contribution in [1.82, 2.24) is 9.97 Å². The molecule has 0 bridgehead atoms. The van der Waals surface area contributed by atoms with Gasteiger partial charge in [-0.15, -0.1) is 0 Å². The Morgan fingerprint density at radius 1 is 1.36 bits per heavy atom. The van der Waals surface area contributed by atoms with Crippen LogP contribution >= 0.6 is 11.6 Å². The molecule has 0 aliphatic heterocycles. The average molecular weight is 215 g/mol. The highest BCUT2D eigenvalue weighted by molar-refractivity contribution is 6.30. The zero-order valence-electron chi connectivity index (χ0n) is 8.59. The van der Waals surface area contributed by atoms with Gasteiger partial charge in [0.05, 0.1) is 6.61 Å². The van der Waals surface area contributed by atoms with E-state index >= 15 is 0 Å². The summed E-state index contributed by atoms with van der Waals surface area (Å²) in [5.41, 5.74) is 0.811. The van der Waals surface area contributed by atoms with E-state index in [1.165, 1.54) is 19.2 Å². The van der Waals surface area contributed by atoms with Crippen molar-refractivity contribution in [1.29, 1.82) is 0 Å². The van der Waals surface area contributed by atoms with Gasteiger partial charge in [-0.05, 0) is 13.3 Å². The second-order valence-corrected chi connectivity index (χ2v) is 3.51. The molecular weight excluding hydrogens is 200 g/mol. The SMILES string of the molecule is CCCCCOc1ncnc(Cl)c1C. The Bertz CT molecular complexity index is 291.